The van der Waals surface area contributed by atoms with Crippen LogP contribution in [-0.4, -0.2) is 31.8 Å². The fourth-order valence-electron chi connectivity index (χ4n) is 3.19. The van der Waals surface area contributed by atoms with Crippen LogP contribution in [0.4, 0.5) is 0 Å². The van der Waals surface area contributed by atoms with Gasteiger partial charge in [0.05, 0.1) is 12.1 Å². The minimum atomic E-state index is -0.124. The number of aromatic nitrogens is 5. The highest BCUT2D eigenvalue weighted by molar-refractivity contribution is 9.09. The predicted molar refractivity (Wildman–Crippen MR) is 114 cm³/mol. The number of tetrazole rings is 1. The van der Waals surface area contributed by atoms with Gasteiger partial charge in [0.25, 0.3) is 0 Å². The van der Waals surface area contributed by atoms with Crippen molar-refractivity contribution in [3.05, 3.63) is 82.4 Å². The maximum atomic E-state index is 11.5. The first-order valence-electron chi connectivity index (χ1n) is 9.40. The zero-order valence-electron chi connectivity index (χ0n) is 15.7. The molecule has 0 saturated heterocycles. The van der Waals surface area contributed by atoms with Crippen LogP contribution in [0.1, 0.15) is 22.8 Å². The van der Waals surface area contributed by atoms with Gasteiger partial charge in [-0.3, -0.25) is 4.79 Å². The van der Waals surface area contributed by atoms with Gasteiger partial charge in [-0.25, -0.2) is 4.68 Å². The number of aryl methyl sites for hydroxylation is 1. The Balaban J connectivity index is 1.35. The van der Waals surface area contributed by atoms with Crippen LogP contribution in [-0.2, 0) is 12.8 Å². The summed E-state index contributed by atoms with van der Waals surface area (Å²) in [5.41, 5.74) is 1.86. The minimum absolute atomic E-state index is 0.00860. The smallest absolute Gasteiger partial charge is 0.248 e. The molecule has 1 N–H and O–H groups in total. The molecule has 4 aromatic rings. The Morgan fingerprint density at radius 1 is 1.07 bits per heavy atom. The number of fused-ring (bicyclic) bond motifs is 1. The highest BCUT2D eigenvalue weighted by Crippen LogP contribution is 2.24. The van der Waals surface area contributed by atoms with Crippen LogP contribution in [0.25, 0.3) is 10.9 Å². The van der Waals surface area contributed by atoms with E-state index < -0.39 is 0 Å². The van der Waals surface area contributed by atoms with E-state index >= 15 is 0 Å². The van der Waals surface area contributed by atoms with Crippen molar-refractivity contribution in [2.45, 2.75) is 24.2 Å². The van der Waals surface area contributed by atoms with Crippen molar-refractivity contribution in [3.8, 4) is 5.75 Å². The van der Waals surface area contributed by atoms with Gasteiger partial charge < -0.3 is 9.72 Å². The molecule has 1 atom stereocenters. The lowest BCUT2D eigenvalue weighted by Crippen LogP contribution is -2.12. The van der Waals surface area contributed by atoms with Gasteiger partial charge >= 0.3 is 0 Å². The summed E-state index contributed by atoms with van der Waals surface area (Å²) in [4.78, 5) is 14.3. The fraction of sp³-hybridized carbons (Fsp3) is 0.238. The molecular weight excluding hydrogens is 434 g/mol. The van der Waals surface area contributed by atoms with Crippen molar-refractivity contribution < 1.29 is 4.74 Å². The Bertz CT molecular complexity index is 1140. The van der Waals surface area contributed by atoms with E-state index in [0.29, 0.717) is 13.0 Å². The number of alkyl halides is 1. The number of pyridine rings is 1. The van der Waals surface area contributed by atoms with Gasteiger partial charge in [0.15, 0.2) is 5.82 Å². The molecule has 29 heavy (non-hydrogen) atoms. The van der Waals surface area contributed by atoms with Gasteiger partial charge in [0.2, 0.25) is 5.56 Å². The average Bonchev–Trinajstić information content (AvgIpc) is 3.20. The average molecular weight is 454 g/mol. The van der Waals surface area contributed by atoms with Crippen LogP contribution in [0.2, 0.25) is 0 Å². The standard InChI is InChI=1S/C21H20BrN5O2/c22-19(14-15-6-2-1-3-7-15)27-20(24-25-26-27)10-5-13-29-18-9-4-8-17-16(18)11-12-21(28)23-17/h1-4,6-9,11-12,19H,5,10,13-14H2,(H,23,28). The lowest BCUT2D eigenvalue weighted by Gasteiger charge is -2.12. The number of aromatic amines is 1. The molecule has 0 aliphatic heterocycles. The number of rotatable bonds is 8. The summed E-state index contributed by atoms with van der Waals surface area (Å²) >= 11 is 3.69. The van der Waals surface area contributed by atoms with Crippen molar-refractivity contribution in [3.63, 3.8) is 0 Å². The van der Waals surface area contributed by atoms with E-state index in [1.165, 1.54) is 11.6 Å². The Kier molecular flexibility index (Phi) is 6.00. The highest BCUT2D eigenvalue weighted by Gasteiger charge is 2.15. The van der Waals surface area contributed by atoms with Crippen LogP contribution in [0, 0.1) is 0 Å². The first kappa shape index (κ1) is 19.3. The van der Waals surface area contributed by atoms with Crippen LogP contribution in [0.3, 0.4) is 0 Å². The second-order valence-electron chi connectivity index (χ2n) is 6.66. The van der Waals surface area contributed by atoms with Gasteiger partial charge in [-0.15, -0.1) is 5.10 Å². The molecule has 0 radical (unpaired) electrons. The molecule has 0 fully saturated rings. The van der Waals surface area contributed by atoms with Crippen molar-refractivity contribution >= 4 is 26.8 Å². The molecule has 0 aliphatic carbocycles. The van der Waals surface area contributed by atoms with E-state index in [1.807, 2.05) is 41.1 Å². The number of hydrogen-bond donors (Lipinski definition) is 1. The molecule has 1 unspecified atom stereocenters. The lowest BCUT2D eigenvalue weighted by atomic mass is 10.1. The summed E-state index contributed by atoms with van der Waals surface area (Å²) in [6, 6.07) is 19.1. The summed E-state index contributed by atoms with van der Waals surface area (Å²) in [5, 5.41) is 13.0. The predicted octanol–water partition coefficient (Wildman–Crippen LogP) is 3.66. The first-order chi connectivity index (χ1) is 14.2. The Labute approximate surface area is 175 Å². The maximum Gasteiger partial charge on any atom is 0.248 e. The third kappa shape index (κ3) is 4.71. The number of halogens is 1. The molecule has 8 heteroatoms. The minimum Gasteiger partial charge on any atom is -0.493 e. The van der Waals surface area contributed by atoms with E-state index in [0.717, 1.165) is 35.3 Å². The molecule has 148 valence electrons. The van der Waals surface area contributed by atoms with Crippen molar-refractivity contribution in [1.29, 1.82) is 0 Å². The summed E-state index contributed by atoms with van der Waals surface area (Å²) in [6.07, 6.45) is 2.26. The van der Waals surface area contributed by atoms with Crippen LogP contribution < -0.4 is 10.3 Å². The molecule has 2 aromatic heterocycles. The molecule has 7 nitrogen and oxygen atoms in total. The molecule has 2 heterocycles. The van der Waals surface area contributed by atoms with Gasteiger partial charge in [-0.05, 0) is 40.6 Å². The SMILES string of the molecule is O=c1ccc2c(OCCCc3nnnn3C(Br)Cc3ccccc3)cccc2[nH]1. The number of benzene rings is 2. The number of H-pyrrole nitrogens is 1. The van der Waals surface area contributed by atoms with E-state index in [1.54, 1.807) is 6.07 Å². The molecule has 0 spiro atoms. The second-order valence-corrected chi connectivity index (χ2v) is 7.71. The molecule has 0 saturated carbocycles. The monoisotopic (exact) mass is 453 g/mol. The zero-order chi connectivity index (χ0) is 20.1. The third-order valence-corrected chi connectivity index (χ3v) is 5.31. The van der Waals surface area contributed by atoms with Gasteiger partial charge in [-0.1, -0.05) is 52.3 Å². The zero-order valence-corrected chi connectivity index (χ0v) is 17.2. The molecule has 0 aliphatic rings. The second kappa shape index (κ2) is 9.00. The Morgan fingerprint density at radius 2 is 1.93 bits per heavy atom. The Morgan fingerprint density at radius 3 is 2.79 bits per heavy atom. The topological polar surface area (TPSA) is 85.7 Å². The summed E-state index contributed by atoms with van der Waals surface area (Å²) in [6.45, 7) is 0.525. The Hall–Kier alpha value is -3.00. The van der Waals surface area contributed by atoms with E-state index in [4.69, 9.17) is 4.74 Å². The largest absolute Gasteiger partial charge is 0.493 e. The molecule has 4 rings (SSSR count). The normalized spacial score (nSPS) is 12.2. The maximum absolute atomic E-state index is 11.5. The highest BCUT2D eigenvalue weighted by atomic mass is 79.9. The number of hydrogen-bond acceptors (Lipinski definition) is 5. The van der Waals surface area contributed by atoms with E-state index in [2.05, 4.69) is 48.6 Å². The number of nitrogens with zero attached hydrogens (tertiary/aromatic N) is 4. The van der Waals surface area contributed by atoms with Crippen molar-refractivity contribution in [2.24, 2.45) is 0 Å². The van der Waals surface area contributed by atoms with Crippen LogP contribution >= 0.6 is 15.9 Å². The van der Waals surface area contributed by atoms with Crippen molar-refractivity contribution in [2.75, 3.05) is 6.61 Å². The van der Waals surface area contributed by atoms with Gasteiger partial charge in [0.1, 0.15) is 10.7 Å². The summed E-state index contributed by atoms with van der Waals surface area (Å²) in [7, 11) is 0. The van der Waals surface area contributed by atoms with E-state index in [-0.39, 0.29) is 10.5 Å². The molecule has 2 aromatic carbocycles. The van der Waals surface area contributed by atoms with Crippen LogP contribution in [0.15, 0.2) is 65.5 Å². The summed E-state index contributed by atoms with van der Waals surface area (Å²) < 4.78 is 7.76. The van der Waals surface area contributed by atoms with Crippen molar-refractivity contribution in [1.82, 2.24) is 25.2 Å². The first-order valence-corrected chi connectivity index (χ1v) is 10.3. The number of ether oxygens (including phenoxy) is 1. The van der Waals surface area contributed by atoms with E-state index in [9.17, 15) is 4.79 Å². The molecule has 0 bridgehead atoms. The fourth-order valence-corrected chi connectivity index (χ4v) is 3.88. The third-order valence-electron chi connectivity index (χ3n) is 4.60. The molecular formula is C21H20BrN5O2. The quantitative estimate of drug-likeness (QED) is 0.325. The summed E-state index contributed by atoms with van der Waals surface area (Å²) in [5.74, 6) is 1.56. The number of nitrogens with one attached hydrogen (secondary N) is 1. The molecule has 0 amide bonds. The lowest BCUT2D eigenvalue weighted by molar-refractivity contribution is 0.312. The van der Waals surface area contributed by atoms with Gasteiger partial charge in [0, 0.05) is 24.3 Å². The van der Waals surface area contributed by atoms with Gasteiger partial charge in [-0.2, -0.15) is 0 Å². The van der Waals surface area contributed by atoms with Crippen LogP contribution in [0.5, 0.6) is 5.75 Å².